The third kappa shape index (κ3) is 1.39. The maximum atomic E-state index is 13.1. The average molecular weight is 178 g/mol. The Morgan fingerprint density at radius 1 is 0.923 bits per heavy atom. The van der Waals surface area contributed by atoms with Gasteiger partial charge in [-0.3, -0.25) is 0 Å². The smallest absolute Gasteiger partial charge is 0.126 e. The lowest BCUT2D eigenvalue weighted by molar-refractivity contribution is 0.619. The van der Waals surface area contributed by atoms with E-state index in [-0.39, 0.29) is 11.6 Å². The van der Waals surface area contributed by atoms with Crippen molar-refractivity contribution in [3.63, 3.8) is 0 Å². The predicted molar refractivity (Wildman–Crippen MR) is 48.6 cm³/mol. The minimum absolute atomic E-state index is 0.293. The molecule has 0 aliphatic heterocycles. The highest BCUT2D eigenvalue weighted by atomic mass is 19.1. The summed E-state index contributed by atoms with van der Waals surface area (Å²) >= 11 is 0. The van der Waals surface area contributed by atoms with Crippen molar-refractivity contribution >= 4 is 10.8 Å². The van der Waals surface area contributed by atoms with E-state index in [9.17, 15) is 8.78 Å². The molecule has 0 bridgehead atoms. The zero-order chi connectivity index (χ0) is 9.42. The minimum Gasteiger partial charge on any atom is -0.207 e. The van der Waals surface area contributed by atoms with Gasteiger partial charge in [-0.05, 0) is 47.5 Å². The van der Waals surface area contributed by atoms with Crippen LogP contribution in [0.4, 0.5) is 8.78 Å². The molecule has 2 aromatic rings. The van der Waals surface area contributed by atoms with Gasteiger partial charge in [0.15, 0.2) is 0 Å². The van der Waals surface area contributed by atoms with Gasteiger partial charge in [0.25, 0.3) is 0 Å². The maximum absolute atomic E-state index is 13.1. The molecular formula is C11H8F2. The van der Waals surface area contributed by atoms with Crippen LogP contribution in [0.25, 0.3) is 10.8 Å². The summed E-state index contributed by atoms with van der Waals surface area (Å²) < 4.78 is 25.8. The summed E-state index contributed by atoms with van der Waals surface area (Å²) in [5, 5.41) is 1.46. The van der Waals surface area contributed by atoms with Gasteiger partial charge in [-0.25, -0.2) is 8.78 Å². The van der Waals surface area contributed by atoms with Crippen LogP contribution in [0.2, 0.25) is 0 Å². The maximum Gasteiger partial charge on any atom is 0.126 e. The first-order valence-electron chi connectivity index (χ1n) is 4.02. The summed E-state index contributed by atoms with van der Waals surface area (Å²) in [6.07, 6.45) is 0. The van der Waals surface area contributed by atoms with Gasteiger partial charge in [-0.15, -0.1) is 0 Å². The summed E-state index contributed by atoms with van der Waals surface area (Å²) in [5.41, 5.74) is 0.583. The molecule has 0 N–H and O–H groups in total. The van der Waals surface area contributed by atoms with Crippen molar-refractivity contribution in [1.29, 1.82) is 0 Å². The first-order valence-corrected chi connectivity index (χ1v) is 4.02. The van der Waals surface area contributed by atoms with Crippen LogP contribution in [-0.2, 0) is 0 Å². The molecule has 0 aliphatic carbocycles. The number of hydrogen-bond acceptors (Lipinski definition) is 0. The van der Waals surface area contributed by atoms with Crippen molar-refractivity contribution in [2.45, 2.75) is 6.92 Å². The Balaban J connectivity index is 2.81. The van der Waals surface area contributed by atoms with Gasteiger partial charge in [-0.1, -0.05) is 6.07 Å². The third-order valence-electron chi connectivity index (χ3n) is 2.08. The van der Waals surface area contributed by atoms with E-state index < -0.39 is 0 Å². The molecule has 0 amide bonds. The van der Waals surface area contributed by atoms with E-state index >= 15 is 0 Å². The number of rotatable bonds is 0. The first kappa shape index (κ1) is 8.17. The summed E-state index contributed by atoms with van der Waals surface area (Å²) in [5.74, 6) is -0.631. The van der Waals surface area contributed by atoms with Crippen LogP contribution >= 0.6 is 0 Å². The Bertz CT molecular complexity index is 461. The number of benzene rings is 2. The van der Waals surface area contributed by atoms with E-state index in [4.69, 9.17) is 0 Å². The quantitative estimate of drug-likeness (QED) is 0.579. The second-order valence-electron chi connectivity index (χ2n) is 3.09. The van der Waals surface area contributed by atoms with Crippen molar-refractivity contribution < 1.29 is 8.78 Å². The molecule has 2 rings (SSSR count). The van der Waals surface area contributed by atoms with Crippen LogP contribution in [0.1, 0.15) is 5.56 Å². The van der Waals surface area contributed by atoms with Gasteiger partial charge in [0.1, 0.15) is 11.6 Å². The summed E-state index contributed by atoms with van der Waals surface area (Å²) in [6.45, 7) is 1.69. The number of hydrogen-bond donors (Lipinski definition) is 0. The molecule has 0 radical (unpaired) electrons. The molecule has 66 valence electrons. The Labute approximate surface area is 74.8 Å². The molecule has 0 heterocycles. The zero-order valence-electron chi connectivity index (χ0n) is 7.14. The lowest BCUT2D eigenvalue weighted by Crippen LogP contribution is -1.83. The van der Waals surface area contributed by atoms with Crippen molar-refractivity contribution in [2.75, 3.05) is 0 Å². The van der Waals surface area contributed by atoms with Crippen molar-refractivity contribution in [3.8, 4) is 0 Å². The predicted octanol–water partition coefficient (Wildman–Crippen LogP) is 3.43. The third-order valence-corrected chi connectivity index (χ3v) is 2.08. The molecular weight excluding hydrogens is 170 g/mol. The van der Waals surface area contributed by atoms with Gasteiger partial charge in [0, 0.05) is 0 Å². The average Bonchev–Trinajstić information content (AvgIpc) is 2.08. The highest BCUT2D eigenvalue weighted by Gasteiger charge is 2.01. The van der Waals surface area contributed by atoms with E-state index in [0.29, 0.717) is 10.9 Å². The molecule has 0 saturated carbocycles. The molecule has 0 atom stereocenters. The number of fused-ring (bicyclic) bond motifs is 1. The fourth-order valence-electron chi connectivity index (χ4n) is 1.35. The normalized spacial score (nSPS) is 10.7. The van der Waals surface area contributed by atoms with Gasteiger partial charge in [0.05, 0.1) is 0 Å². The van der Waals surface area contributed by atoms with Gasteiger partial charge in [0.2, 0.25) is 0 Å². The minimum atomic E-state index is -0.337. The van der Waals surface area contributed by atoms with Crippen molar-refractivity contribution in [2.24, 2.45) is 0 Å². The largest absolute Gasteiger partial charge is 0.207 e. The highest BCUT2D eigenvalue weighted by molar-refractivity contribution is 5.83. The van der Waals surface area contributed by atoms with Crippen LogP contribution in [0.5, 0.6) is 0 Å². The number of aryl methyl sites for hydroxylation is 1. The van der Waals surface area contributed by atoms with E-state index in [0.717, 1.165) is 5.39 Å². The van der Waals surface area contributed by atoms with E-state index in [2.05, 4.69) is 0 Å². The van der Waals surface area contributed by atoms with Crippen LogP contribution in [0.15, 0.2) is 30.3 Å². The first-order chi connectivity index (χ1) is 6.16. The summed E-state index contributed by atoms with van der Waals surface area (Å²) in [7, 11) is 0. The van der Waals surface area contributed by atoms with Gasteiger partial charge >= 0.3 is 0 Å². The SMILES string of the molecule is Cc1cc2ccc(F)cc2cc1F. The van der Waals surface area contributed by atoms with Crippen molar-refractivity contribution in [1.82, 2.24) is 0 Å². The molecule has 2 heteroatoms. The molecule has 0 aliphatic rings. The molecule has 0 spiro atoms. The Morgan fingerprint density at radius 2 is 1.69 bits per heavy atom. The monoisotopic (exact) mass is 178 g/mol. The van der Waals surface area contributed by atoms with Crippen molar-refractivity contribution in [3.05, 3.63) is 47.5 Å². The van der Waals surface area contributed by atoms with Crippen LogP contribution in [-0.4, -0.2) is 0 Å². The topological polar surface area (TPSA) is 0 Å². The van der Waals surface area contributed by atoms with Crippen LogP contribution < -0.4 is 0 Å². The van der Waals surface area contributed by atoms with E-state index in [1.165, 1.54) is 18.2 Å². The Hall–Kier alpha value is -1.44. The molecule has 0 saturated heterocycles. The van der Waals surface area contributed by atoms with Gasteiger partial charge in [-0.2, -0.15) is 0 Å². The fourth-order valence-corrected chi connectivity index (χ4v) is 1.35. The van der Waals surface area contributed by atoms with Crippen LogP contribution in [0.3, 0.4) is 0 Å². The highest BCUT2D eigenvalue weighted by Crippen LogP contribution is 2.19. The van der Waals surface area contributed by atoms with E-state index in [1.807, 2.05) is 0 Å². The molecule has 0 nitrogen and oxygen atoms in total. The Kier molecular flexibility index (Phi) is 1.76. The molecule has 0 unspecified atom stereocenters. The van der Waals surface area contributed by atoms with E-state index in [1.54, 1.807) is 19.1 Å². The molecule has 2 aromatic carbocycles. The zero-order valence-corrected chi connectivity index (χ0v) is 7.14. The summed E-state index contributed by atoms with van der Waals surface area (Å²) in [4.78, 5) is 0. The second-order valence-corrected chi connectivity index (χ2v) is 3.09. The Morgan fingerprint density at radius 3 is 2.46 bits per heavy atom. The van der Waals surface area contributed by atoms with Gasteiger partial charge < -0.3 is 0 Å². The molecule has 0 fully saturated rings. The molecule has 0 aromatic heterocycles. The molecule has 13 heavy (non-hydrogen) atoms. The standard InChI is InChI=1S/C11H8F2/c1-7-4-8-2-3-10(12)5-9(8)6-11(7)13/h2-6H,1H3. The fraction of sp³-hybridized carbons (Fsp3) is 0.0909. The lowest BCUT2D eigenvalue weighted by Gasteiger charge is -2.00. The van der Waals surface area contributed by atoms with Crippen LogP contribution in [0, 0.1) is 18.6 Å². The lowest BCUT2D eigenvalue weighted by atomic mass is 10.1. The number of halogens is 2. The second kappa shape index (κ2) is 2.80. The summed E-state index contributed by atoms with van der Waals surface area (Å²) in [6, 6.07) is 7.42.